The van der Waals surface area contributed by atoms with Gasteiger partial charge in [0.2, 0.25) is 0 Å². The molecule has 0 radical (unpaired) electrons. The summed E-state index contributed by atoms with van der Waals surface area (Å²) in [6.45, 7) is 1.68. The minimum atomic E-state index is 0.0503. The maximum Gasteiger partial charge on any atom is 0.157 e. The second-order valence-electron chi connectivity index (χ2n) is 6.34. The molecule has 122 valence electrons. The van der Waals surface area contributed by atoms with E-state index >= 15 is 0 Å². The number of ether oxygens (including phenoxy) is 3. The maximum atomic E-state index is 6.09. The van der Waals surface area contributed by atoms with Crippen LogP contribution in [0, 0.1) is 5.92 Å². The van der Waals surface area contributed by atoms with E-state index in [1.54, 1.807) is 0 Å². The number of hydrogen-bond donors (Lipinski definition) is 0. The largest absolute Gasteiger partial charge is 0.493 e. The lowest BCUT2D eigenvalue weighted by molar-refractivity contribution is -0.194. The molecule has 1 heterocycles. The Bertz CT molecular complexity index is 434. The van der Waals surface area contributed by atoms with E-state index in [9.17, 15) is 0 Å². The van der Waals surface area contributed by atoms with E-state index in [-0.39, 0.29) is 6.29 Å². The third-order valence-electron chi connectivity index (χ3n) is 4.58. The highest BCUT2D eigenvalue weighted by molar-refractivity contribution is 9.10. The first-order chi connectivity index (χ1) is 10.8. The van der Waals surface area contributed by atoms with Crippen molar-refractivity contribution in [3.63, 3.8) is 0 Å². The zero-order chi connectivity index (χ0) is 15.2. The van der Waals surface area contributed by atoms with Crippen LogP contribution in [0.4, 0.5) is 0 Å². The lowest BCUT2D eigenvalue weighted by Gasteiger charge is -2.32. The van der Waals surface area contributed by atoms with Crippen LogP contribution in [0.3, 0.4) is 0 Å². The van der Waals surface area contributed by atoms with Gasteiger partial charge in [-0.3, -0.25) is 0 Å². The first kappa shape index (κ1) is 16.3. The van der Waals surface area contributed by atoms with Gasteiger partial charge in [0.25, 0.3) is 0 Å². The van der Waals surface area contributed by atoms with E-state index in [4.69, 9.17) is 14.2 Å². The summed E-state index contributed by atoms with van der Waals surface area (Å²) in [6, 6.07) is 8.06. The van der Waals surface area contributed by atoms with E-state index in [1.807, 2.05) is 24.3 Å². The van der Waals surface area contributed by atoms with Crippen LogP contribution >= 0.6 is 15.9 Å². The topological polar surface area (TPSA) is 27.7 Å². The molecule has 0 bridgehead atoms. The molecule has 3 rings (SSSR count). The number of hydrogen-bond acceptors (Lipinski definition) is 3. The Morgan fingerprint density at radius 1 is 1.00 bits per heavy atom. The van der Waals surface area contributed by atoms with E-state index in [0.717, 1.165) is 42.7 Å². The zero-order valence-corrected chi connectivity index (χ0v) is 14.6. The molecule has 0 spiro atoms. The zero-order valence-electron chi connectivity index (χ0n) is 13.0. The fraction of sp³-hybridized carbons (Fsp3) is 0.667. The van der Waals surface area contributed by atoms with Crippen LogP contribution in [0.15, 0.2) is 28.7 Å². The molecule has 0 N–H and O–H groups in total. The maximum absolute atomic E-state index is 6.09. The summed E-state index contributed by atoms with van der Waals surface area (Å²) in [6.07, 6.45) is 8.55. The lowest BCUT2D eigenvalue weighted by atomic mass is 9.88. The Morgan fingerprint density at radius 3 is 2.45 bits per heavy atom. The standard InChI is InChI=1S/C18H25BrO3/c19-15-6-10-16(11-7-15)21-13-14-4-8-17(9-5-14)22-18-3-1-2-12-20-18/h6-7,10-11,14,17-18H,1-5,8-9,12-13H2. The molecule has 4 heteroatoms. The molecule has 0 amide bonds. The van der Waals surface area contributed by atoms with Crippen molar-refractivity contribution < 1.29 is 14.2 Å². The molecule has 2 fully saturated rings. The van der Waals surface area contributed by atoms with Crippen molar-refractivity contribution in [2.75, 3.05) is 13.2 Å². The third-order valence-corrected chi connectivity index (χ3v) is 5.10. The van der Waals surface area contributed by atoms with Gasteiger partial charge in [-0.2, -0.15) is 0 Å². The minimum absolute atomic E-state index is 0.0503. The van der Waals surface area contributed by atoms with Crippen LogP contribution in [0.25, 0.3) is 0 Å². The monoisotopic (exact) mass is 368 g/mol. The minimum Gasteiger partial charge on any atom is -0.493 e. The molecule has 0 aromatic heterocycles. The van der Waals surface area contributed by atoms with E-state index in [1.165, 1.54) is 25.7 Å². The molecule has 1 aromatic carbocycles. The molecule has 22 heavy (non-hydrogen) atoms. The predicted molar refractivity (Wildman–Crippen MR) is 90.1 cm³/mol. The second kappa shape index (κ2) is 8.32. The SMILES string of the molecule is Brc1ccc(OCC2CCC(OC3CCCCO3)CC2)cc1. The molecule has 3 nitrogen and oxygen atoms in total. The van der Waals surface area contributed by atoms with Gasteiger partial charge < -0.3 is 14.2 Å². The van der Waals surface area contributed by atoms with Crippen molar-refractivity contribution in [2.45, 2.75) is 57.3 Å². The van der Waals surface area contributed by atoms with Crippen LogP contribution in [0.1, 0.15) is 44.9 Å². The Labute approximate surface area is 141 Å². The summed E-state index contributed by atoms with van der Waals surface area (Å²) in [4.78, 5) is 0. The van der Waals surface area contributed by atoms with Crippen LogP contribution < -0.4 is 4.74 Å². The van der Waals surface area contributed by atoms with Gasteiger partial charge in [-0.1, -0.05) is 15.9 Å². The number of benzene rings is 1. The quantitative estimate of drug-likeness (QED) is 0.737. The second-order valence-corrected chi connectivity index (χ2v) is 7.26. The lowest BCUT2D eigenvalue weighted by Crippen LogP contribution is -2.31. The molecule has 1 saturated carbocycles. The smallest absolute Gasteiger partial charge is 0.157 e. The van der Waals surface area contributed by atoms with Crippen LogP contribution in [0.2, 0.25) is 0 Å². The molecule has 1 aliphatic carbocycles. The summed E-state index contributed by atoms with van der Waals surface area (Å²) < 4.78 is 18.7. The van der Waals surface area contributed by atoms with Crippen LogP contribution in [-0.2, 0) is 9.47 Å². The summed E-state index contributed by atoms with van der Waals surface area (Å²) >= 11 is 3.44. The summed E-state index contributed by atoms with van der Waals surface area (Å²) in [7, 11) is 0. The Kier molecular flexibility index (Phi) is 6.16. The molecular formula is C18H25BrO3. The Morgan fingerprint density at radius 2 is 1.77 bits per heavy atom. The van der Waals surface area contributed by atoms with Gasteiger partial charge in [0.1, 0.15) is 5.75 Å². The van der Waals surface area contributed by atoms with Crippen molar-refractivity contribution >= 4 is 15.9 Å². The Hall–Kier alpha value is -0.580. The molecular weight excluding hydrogens is 344 g/mol. The summed E-state index contributed by atoms with van der Waals surface area (Å²) in [5.74, 6) is 1.60. The average molecular weight is 369 g/mol. The third kappa shape index (κ3) is 4.97. The van der Waals surface area contributed by atoms with Crippen LogP contribution in [0.5, 0.6) is 5.75 Å². The highest BCUT2D eigenvalue weighted by atomic mass is 79.9. The van der Waals surface area contributed by atoms with E-state index in [2.05, 4.69) is 15.9 Å². The van der Waals surface area contributed by atoms with Crippen molar-refractivity contribution in [3.8, 4) is 5.75 Å². The molecule has 1 atom stereocenters. The van der Waals surface area contributed by atoms with E-state index in [0.29, 0.717) is 12.0 Å². The Balaban J connectivity index is 1.35. The molecule has 1 unspecified atom stereocenters. The first-order valence-corrected chi connectivity index (χ1v) is 9.24. The van der Waals surface area contributed by atoms with E-state index < -0.39 is 0 Å². The predicted octanol–water partition coefficient (Wildman–Crippen LogP) is 4.93. The van der Waals surface area contributed by atoms with Gasteiger partial charge in [0, 0.05) is 11.1 Å². The number of halogens is 1. The highest BCUT2D eigenvalue weighted by Crippen LogP contribution is 2.29. The number of rotatable bonds is 5. The van der Waals surface area contributed by atoms with Gasteiger partial charge in [-0.05, 0) is 75.1 Å². The van der Waals surface area contributed by atoms with Crippen molar-refractivity contribution in [3.05, 3.63) is 28.7 Å². The summed E-state index contributed by atoms with van der Waals surface area (Å²) in [5, 5.41) is 0. The normalized spacial score (nSPS) is 29.2. The highest BCUT2D eigenvalue weighted by Gasteiger charge is 2.25. The van der Waals surface area contributed by atoms with Gasteiger partial charge in [-0.25, -0.2) is 0 Å². The fourth-order valence-electron chi connectivity index (χ4n) is 3.21. The van der Waals surface area contributed by atoms with Gasteiger partial charge in [-0.15, -0.1) is 0 Å². The van der Waals surface area contributed by atoms with Gasteiger partial charge >= 0.3 is 0 Å². The molecule has 1 aromatic rings. The van der Waals surface area contributed by atoms with Crippen LogP contribution in [-0.4, -0.2) is 25.6 Å². The molecule has 1 saturated heterocycles. The van der Waals surface area contributed by atoms with Crippen molar-refractivity contribution in [2.24, 2.45) is 5.92 Å². The molecule has 2 aliphatic rings. The summed E-state index contributed by atoms with van der Waals surface area (Å²) in [5.41, 5.74) is 0. The molecule has 1 aliphatic heterocycles. The van der Waals surface area contributed by atoms with Crippen molar-refractivity contribution in [1.82, 2.24) is 0 Å². The average Bonchev–Trinajstić information content (AvgIpc) is 2.57. The van der Waals surface area contributed by atoms with Crippen molar-refractivity contribution in [1.29, 1.82) is 0 Å². The fourth-order valence-corrected chi connectivity index (χ4v) is 3.48. The van der Waals surface area contributed by atoms with Gasteiger partial charge in [0.05, 0.1) is 12.7 Å². The first-order valence-electron chi connectivity index (χ1n) is 8.45. The van der Waals surface area contributed by atoms with Gasteiger partial charge in [0.15, 0.2) is 6.29 Å².